The Morgan fingerprint density at radius 3 is 2.35 bits per heavy atom. The first-order valence-corrected chi connectivity index (χ1v) is 6.78. The van der Waals surface area contributed by atoms with Crippen LogP contribution in [0.15, 0.2) is 60.0 Å². The lowest BCUT2D eigenvalue weighted by Crippen LogP contribution is -1.78. The first-order chi connectivity index (χ1) is 8.34. The van der Waals surface area contributed by atoms with Gasteiger partial charge in [0, 0.05) is 5.75 Å². The number of benzene rings is 2. The summed E-state index contributed by atoms with van der Waals surface area (Å²) >= 11 is 1.83. The highest BCUT2D eigenvalue weighted by Gasteiger charge is 1.90. The maximum atomic E-state index is 2.19. The van der Waals surface area contributed by atoms with E-state index in [1.54, 1.807) is 0 Å². The standard InChI is InChI=1S/C16H16S/c1-14-7-9-16(10-8-14)13-17-12-11-15-5-3-2-4-6-15/h2-12H,13H2,1H3/b12-11+. The molecule has 0 unspecified atom stereocenters. The van der Waals surface area contributed by atoms with Gasteiger partial charge in [-0.1, -0.05) is 60.2 Å². The van der Waals surface area contributed by atoms with Gasteiger partial charge in [0.15, 0.2) is 0 Å². The molecule has 0 bridgehead atoms. The Hall–Kier alpha value is -1.47. The quantitative estimate of drug-likeness (QED) is 0.732. The van der Waals surface area contributed by atoms with E-state index in [4.69, 9.17) is 0 Å². The van der Waals surface area contributed by atoms with Crippen LogP contribution in [0.1, 0.15) is 16.7 Å². The number of hydrogen-bond donors (Lipinski definition) is 0. The molecule has 1 heteroatoms. The van der Waals surface area contributed by atoms with E-state index in [0.717, 1.165) is 5.75 Å². The summed E-state index contributed by atoms with van der Waals surface area (Å²) in [6.45, 7) is 2.12. The SMILES string of the molecule is Cc1ccc(CS/C=C/c2ccccc2)cc1. The number of aryl methyl sites for hydroxylation is 1. The van der Waals surface area contributed by atoms with Gasteiger partial charge in [-0.25, -0.2) is 0 Å². The Labute approximate surface area is 107 Å². The molecule has 0 heterocycles. The van der Waals surface area contributed by atoms with Gasteiger partial charge in [-0.05, 0) is 29.5 Å². The van der Waals surface area contributed by atoms with Gasteiger partial charge >= 0.3 is 0 Å². The van der Waals surface area contributed by atoms with Crippen molar-refractivity contribution < 1.29 is 0 Å². The molecule has 0 aliphatic heterocycles. The molecule has 0 amide bonds. The Kier molecular flexibility index (Phi) is 4.45. The normalized spacial score (nSPS) is 10.9. The summed E-state index contributed by atoms with van der Waals surface area (Å²) in [5.74, 6) is 1.03. The number of rotatable bonds is 4. The largest absolute Gasteiger partial charge is 0.129 e. The van der Waals surface area contributed by atoms with Gasteiger partial charge in [0.25, 0.3) is 0 Å². The fourth-order valence-corrected chi connectivity index (χ4v) is 2.25. The number of thioether (sulfide) groups is 1. The van der Waals surface area contributed by atoms with E-state index in [1.807, 2.05) is 17.8 Å². The van der Waals surface area contributed by atoms with Crippen LogP contribution in [-0.2, 0) is 5.75 Å². The lowest BCUT2D eigenvalue weighted by Gasteiger charge is -1.98. The van der Waals surface area contributed by atoms with Crippen LogP contribution in [0.3, 0.4) is 0 Å². The van der Waals surface area contributed by atoms with Gasteiger partial charge in [0.1, 0.15) is 0 Å². The molecule has 0 atom stereocenters. The molecular formula is C16H16S. The molecule has 0 aliphatic rings. The Morgan fingerprint density at radius 1 is 0.941 bits per heavy atom. The predicted molar refractivity (Wildman–Crippen MR) is 78.0 cm³/mol. The molecule has 0 nitrogen and oxygen atoms in total. The Morgan fingerprint density at radius 2 is 1.65 bits per heavy atom. The van der Waals surface area contributed by atoms with E-state index < -0.39 is 0 Å². The van der Waals surface area contributed by atoms with Gasteiger partial charge in [-0.3, -0.25) is 0 Å². The van der Waals surface area contributed by atoms with Crippen LogP contribution >= 0.6 is 11.8 Å². The van der Waals surface area contributed by atoms with Crippen LogP contribution in [0.4, 0.5) is 0 Å². The summed E-state index contributed by atoms with van der Waals surface area (Å²) in [5, 5.41) is 2.16. The molecule has 86 valence electrons. The zero-order chi connectivity index (χ0) is 11.9. The second-order valence-corrected chi connectivity index (χ2v) is 4.90. The predicted octanol–water partition coefficient (Wildman–Crippen LogP) is 4.90. The highest BCUT2D eigenvalue weighted by atomic mass is 32.2. The van der Waals surface area contributed by atoms with Crippen LogP contribution in [0, 0.1) is 6.92 Å². The molecule has 0 radical (unpaired) electrons. The van der Waals surface area contributed by atoms with Crippen molar-refractivity contribution in [1.82, 2.24) is 0 Å². The first kappa shape index (κ1) is 12.0. The fraction of sp³-hybridized carbons (Fsp3) is 0.125. The lowest BCUT2D eigenvalue weighted by atomic mass is 10.2. The third-order valence-corrected chi connectivity index (χ3v) is 3.36. The maximum absolute atomic E-state index is 2.19. The fourth-order valence-electron chi connectivity index (χ4n) is 1.52. The van der Waals surface area contributed by atoms with E-state index in [2.05, 4.69) is 66.9 Å². The lowest BCUT2D eigenvalue weighted by molar-refractivity contribution is 1.37. The summed E-state index contributed by atoms with van der Waals surface area (Å²) in [5.41, 5.74) is 3.95. The first-order valence-electron chi connectivity index (χ1n) is 5.73. The third kappa shape index (κ3) is 4.12. The van der Waals surface area contributed by atoms with Crippen molar-refractivity contribution in [2.24, 2.45) is 0 Å². The highest BCUT2D eigenvalue weighted by molar-refractivity contribution is 8.01. The van der Waals surface area contributed by atoms with Crippen molar-refractivity contribution in [3.8, 4) is 0 Å². The van der Waals surface area contributed by atoms with Gasteiger partial charge in [0.05, 0.1) is 0 Å². The smallest absolute Gasteiger partial charge is 0.0226 e. The van der Waals surface area contributed by atoms with Crippen molar-refractivity contribution >= 4 is 17.8 Å². The topological polar surface area (TPSA) is 0 Å². The van der Waals surface area contributed by atoms with Gasteiger partial charge in [-0.15, -0.1) is 11.8 Å². The second-order valence-electron chi connectivity index (χ2n) is 4.01. The van der Waals surface area contributed by atoms with Crippen LogP contribution in [0.5, 0.6) is 0 Å². The molecule has 17 heavy (non-hydrogen) atoms. The highest BCUT2D eigenvalue weighted by Crippen LogP contribution is 2.15. The minimum atomic E-state index is 1.03. The van der Waals surface area contributed by atoms with E-state index >= 15 is 0 Å². The monoisotopic (exact) mass is 240 g/mol. The molecule has 0 saturated carbocycles. The zero-order valence-corrected chi connectivity index (χ0v) is 10.8. The average molecular weight is 240 g/mol. The van der Waals surface area contributed by atoms with E-state index in [-0.39, 0.29) is 0 Å². The summed E-state index contributed by atoms with van der Waals surface area (Å²) in [6.07, 6.45) is 2.15. The molecule has 0 spiro atoms. The Bertz CT molecular complexity index is 469. The van der Waals surface area contributed by atoms with E-state index in [9.17, 15) is 0 Å². The molecule has 2 rings (SSSR count). The van der Waals surface area contributed by atoms with E-state index in [1.165, 1.54) is 16.7 Å². The third-order valence-electron chi connectivity index (χ3n) is 2.53. The maximum Gasteiger partial charge on any atom is 0.0226 e. The van der Waals surface area contributed by atoms with Crippen LogP contribution in [0.2, 0.25) is 0 Å². The summed E-state index contributed by atoms with van der Waals surface area (Å²) < 4.78 is 0. The van der Waals surface area contributed by atoms with Crippen molar-refractivity contribution in [3.05, 3.63) is 76.7 Å². The van der Waals surface area contributed by atoms with Crippen molar-refractivity contribution in [2.75, 3.05) is 0 Å². The van der Waals surface area contributed by atoms with Crippen LogP contribution < -0.4 is 0 Å². The number of hydrogen-bond acceptors (Lipinski definition) is 1. The molecule has 2 aromatic carbocycles. The molecule has 0 N–H and O–H groups in total. The van der Waals surface area contributed by atoms with Gasteiger partial charge in [0.2, 0.25) is 0 Å². The van der Waals surface area contributed by atoms with Crippen LogP contribution in [-0.4, -0.2) is 0 Å². The minimum Gasteiger partial charge on any atom is -0.129 e. The summed E-state index contributed by atoms with van der Waals surface area (Å²) in [6, 6.07) is 19.1. The van der Waals surface area contributed by atoms with Crippen molar-refractivity contribution in [2.45, 2.75) is 12.7 Å². The molecule has 0 saturated heterocycles. The Balaban J connectivity index is 1.84. The molecule has 0 aliphatic carbocycles. The molecule has 0 fully saturated rings. The van der Waals surface area contributed by atoms with Crippen LogP contribution in [0.25, 0.3) is 6.08 Å². The minimum absolute atomic E-state index is 1.03. The zero-order valence-electron chi connectivity index (χ0n) is 9.97. The molecule has 0 aromatic heterocycles. The summed E-state index contributed by atoms with van der Waals surface area (Å²) in [7, 11) is 0. The van der Waals surface area contributed by atoms with Crippen molar-refractivity contribution in [3.63, 3.8) is 0 Å². The second kappa shape index (κ2) is 6.31. The average Bonchev–Trinajstić information content (AvgIpc) is 2.38. The van der Waals surface area contributed by atoms with E-state index in [0.29, 0.717) is 0 Å². The van der Waals surface area contributed by atoms with Gasteiger partial charge in [-0.2, -0.15) is 0 Å². The summed E-state index contributed by atoms with van der Waals surface area (Å²) in [4.78, 5) is 0. The molecular weight excluding hydrogens is 224 g/mol. The van der Waals surface area contributed by atoms with Crippen molar-refractivity contribution in [1.29, 1.82) is 0 Å². The molecule has 2 aromatic rings. The van der Waals surface area contributed by atoms with Gasteiger partial charge < -0.3 is 0 Å².